The zero-order valence-corrected chi connectivity index (χ0v) is 10.4. The lowest BCUT2D eigenvalue weighted by Gasteiger charge is -2.07. The fourth-order valence-corrected chi connectivity index (χ4v) is 1.71. The molecule has 1 aromatic heterocycles. The number of methoxy groups -OCH3 is 1. The number of aryl methyl sites for hydroxylation is 1. The maximum atomic E-state index is 11.5. The van der Waals surface area contributed by atoms with Gasteiger partial charge in [-0.1, -0.05) is 12.1 Å². The third-order valence-electron chi connectivity index (χ3n) is 2.60. The molecule has 0 aliphatic rings. The van der Waals surface area contributed by atoms with Crippen LogP contribution in [-0.4, -0.2) is 19.0 Å². The minimum Gasteiger partial charge on any atom is -0.462 e. The third-order valence-corrected chi connectivity index (χ3v) is 2.60. The van der Waals surface area contributed by atoms with Crippen molar-refractivity contribution in [3.63, 3.8) is 0 Å². The van der Waals surface area contributed by atoms with Gasteiger partial charge in [-0.05, 0) is 18.6 Å². The number of esters is 1. The van der Waals surface area contributed by atoms with Crippen LogP contribution in [0.4, 0.5) is 5.69 Å². The Bertz CT molecular complexity index is 717. The van der Waals surface area contributed by atoms with Gasteiger partial charge in [0.2, 0.25) is 0 Å². The van der Waals surface area contributed by atoms with E-state index in [0.717, 1.165) is 12.7 Å². The number of fused-ring (bicyclic) bond motifs is 1. The lowest BCUT2D eigenvalue weighted by Crippen LogP contribution is -2.24. The summed E-state index contributed by atoms with van der Waals surface area (Å²) >= 11 is 0. The Labute approximate surface area is 108 Å². The molecule has 0 saturated carbocycles. The quantitative estimate of drug-likeness (QED) is 0.474. The van der Waals surface area contributed by atoms with Crippen LogP contribution in [0.2, 0.25) is 0 Å². The lowest BCUT2D eigenvalue weighted by molar-refractivity contribution is -0.150. The van der Waals surface area contributed by atoms with Crippen LogP contribution in [0.1, 0.15) is 5.56 Å². The Morgan fingerprint density at radius 2 is 2.05 bits per heavy atom. The molecular formula is C13H11NO5. The molecule has 0 aliphatic carbocycles. The number of ether oxygens (including phenoxy) is 1. The van der Waals surface area contributed by atoms with Gasteiger partial charge >= 0.3 is 17.5 Å². The monoisotopic (exact) mass is 261 g/mol. The molecule has 1 N–H and O–H groups in total. The van der Waals surface area contributed by atoms with E-state index in [2.05, 4.69) is 10.1 Å². The molecule has 0 bridgehead atoms. The number of hydrogen-bond donors (Lipinski definition) is 1. The van der Waals surface area contributed by atoms with Crippen molar-refractivity contribution in [2.45, 2.75) is 6.92 Å². The molecule has 0 fully saturated rings. The van der Waals surface area contributed by atoms with E-state index >= 15 is 0 Å². The second-order valence-electron chi connectivity index (χ2n) is 3.88. The van der Waals surface area contributed by atoms with Crippen LogP contribution in [-0.2, 0) is 14.3 Å². The van der Waals surface area contributed by atoms with Crippen molar-refractivity contribution in [3.05, 3.63) is 40.2 Å². The summed E-state index contributed by atoms with van der Waals surface area (Å²) in [4.78, 5) is 33.9. The van der Waals surface area contributed by atoms with Crippen LogP contribution >= 0.6 is 0 Å². The fourth-order valence-electron chi connectivity index (χ4n) is 1.71. The highest BCUT2D eigenvalue weighted by Gasteiger charge is 2.16. The van der Waals surface area contributed by atoms with Crippen molar-refractivity contribution < 1.29 is 18.7 Å². The molecule has 6 heteroatoms. The summed E-state index contributed by atoms with van der Waals surface area (Å²) in [5.74, 6) is -1.95. The SMILES string of the molecule is COC(=O)C(=O)Nc1cccc2c(C)cc(=O)oc12. The average molecular weight is 261 g/mol. The van der Waals surface area contributed by atoms with Gasteiger partial charge in [0.05, 0.1) is 12.8 Å². The van der Waals surface area contributed by atoms with E-state index in [9.17, 15) is 14.4 Å². The molecule has 2 aromatic rings. The standard InChI is InChI=1S/C13H11NO5/c1-7-6-10(15)19-11-8(7)4-3-5-9(11)14-12(16)13(17)18-2/h3-6H,1-2H3,(H,14,16). The molecular weight excluding hydrogens is 250 g/mol. The van der Waals surface area contributed by atoms with Gasteiger partial charge in [0.15, 0.2) is 5.58 Å². The molecule has 1 aromatic carbocycles. The van der Waals surface area contributed by atoms with Crippen LogP contribution < -0.4 is 10.9 Å². The number of carbonyl (C=O) groups is 2. The summed E-state index contributed by atoms with van der Waals surface area (Å²) in [6.45, 7) is 1.76. The van der Waals surface area contributed by atoms with E-state index in [1.807, 2.05) is 0 Å². The largest absolute Gasteiger partial charge is 0.462 e. The zero-order chi connectivity index (χ0) is 14.0. The van der Waals surface area contributed by atoms with Crippen LogP contribution in [0.3, 0.4) is 0 Å². The lowest BCUT2D eigenvalue weighted by atomic mass is 10.1. The first-order chi connectivity index (χ1) is 9.02. The zero-order valence-electron chi connectivity index (χ0n) is 10.4. The molecule has 0 saturated heterocycles. The number of rotatable bonds is 1. The Balaban J connectivity index is 2.53. The summed E-state index contributed by atoms with van der Waals surface area (Å²) in [6, 6.07) is 6.32. The number of amides is 1. The molecule has 6 nitrogen and oxygen atoms in total. The van der Waals surface area contributed by atoms with Crippen LogP contribution in [0.15, 0.2) is 33.5 Å². The number of benzene rings is 1. The third kappa shape index (κ3) is 2.47. The van der Waals surface area contributed by atoms with Gasteiger partial charge < -0.3 is 14.5 Å². The van der Waals surface area contributed by atoms with E-state index in [4.69, 9.17) is 4.42 Å². The Morgan fingerprint density at radius 3 is 2.74 bits per heavy atom. The van der Waals surface area contributed by atoms with Crippen LogP contribution in [0, 0.1) is 6.92 Å². The number of para-hydroxylation sites is 1. The highest BCUT2D eigenvalue weighted by atomic mass is 16.5. The van der Waals surface area contributed by atoms with Gasteiger partial charge in [0, 0.05) is 11.5 Å². The normalized spacial score (nSPS) is 10.2. The number of hydrogen-bond acceptors (Lipinski definition) is 5. The number of anilines is 1. The van der Waals surface area contributed by atoms with E-state index < -0.39 is 17.5 Å². The maximum absolute atomic E-state index is 11.5. The summed E-state index contributed by atoms with van der Waals surface area (Å²) in [7, 11) is 1.11. The molecule has 0 unspecified atom stereocenters. The van der Waals surface area contributed by atoms with Crippen molar-refractivity contribution in [2.75, 3.05) is 12.4 Å². The van der Waals surface area contributed by atoms with Gasteiger partial charge in [-0.2, -0.15) is 0 Å². The molecule has 0 radical (unpaired) electrons. The number of nitrogens with one attached hydrogen (secondary N) is 1. The number of carbonyl (C=O) groups excluding carboxylic acids is 2. The molecule has 1 amide bonds. The highest BCUT2D eigenvalue weighted by Crippen LogP contribution is 2.24. The minimum absolute atomic E-state index is 0.227. The molecule has 0 atom stereocenters. The van der Waals surface area contributed by atoms with Crippen molar-refractivity contribution in [2.24, 2.45) is 0 Å². The van der Waals surface area contributed by atoms with Crippen molar-refractivity contribution >= 4 is 28.5 Å². The Kier molecular flexibility index (Phi) is 3.33. The smallest absolute Gasteiger partial charge is 0.396 e. The molecule has 2 rings (SSSR count). The summed E-state index contributed by atoms with van der Waals surface area (Å²) < 4.78 is 9.37. The summed E-state index contributed by atoms with van der Waals surface area (Å²) in [5.41, 5.74) is 0.670. The summed E-state index contributed by atoms with van der Waals surface area (Å²) in [6.07, 6.45) is 0. The van der Waals surface area contributed by atoms with Gasteiger partial charge in [-0.25, -0.2) is 9.59 Å². The van der Waals surface area contributed by atoms with Crippen LogP contribution in [0.5, 0.6) is 0 Å². The first-order valence-corrected chi connectivity index (χ1v) is 5.45. The van der Waals surface area contributed by atoms with Gasteiger partial charge in [0.25, 0.3) is 0 Å². The first-order valence-electron chi connectivity index (χ1n) is 5.45. The summed E-state index contributed by atoms with van der Waals surface area (Å²) in [5, 5.41) is 3.03. The Hall–Kier alpha value is -2.63. The predicted octanol–water partition coefficient (Wildman–Crippen LogP) is 1.21. The average Bonchev–Trinajstić information content (AvgIpc) is 2.38. The van der Waals surface area contributed by atoms with E-state index in [1.165, 1.54) is 12.1 Å². The van der Waals surface area contributed by atoms with Gasteiger partial charge in [0.1, 0.15) is 0 Å². The Morgan fingerprint density at radius 1 is 1.32 bits per heavy atom. The van der Waals surface area contributed by atoms with Gasteiger partial charge in [-0.3, -0.25) is 4.79 Å². The predicted molar refractivity (Wildman–Crippen MR) is 67.9 cm³/mol. The van der Waals surface area contributed by atoms with E-state index in [-0.39, 0.29) is 11.3 Å². The maximum Gasteiger partial charge on any atom is 0.396 e. The fraction of sp³-hybridized carbons (Fsp3) is 0.154. The molecule has 1 heterocycles. The topological polar surface area (TPSA) is 85.6 Å². The van der Waals surface area contributed by atoms with Crippen molar-refractivity contribution in [1.29, 1.82) is 0 Å². The molecule has 19 heavy (non-hydrogen) atoms. The second kappa shape index (κ2) is 4.93. The molecule has 0 aliphatic heterocycles. The van der Waals surface area contributed by atoms with E-state index in [0.29, 0.717) is 5.39 Å². The van der Waals surface area contributed by atoms with E-state index in [1.54, 1.807) is 19.1 Å². The van der Waals surface area contributed by atoms with Crippen molar-refractivity contribution in [3.8, 4) is 0 Å². The molecule has 98 valence electrons. The molecule has 0 spiro atoms. The highest BCUT2D eigenvalue weighted by molar-refractivity contribution is 6.37. The van der Waals surface area contributed by atoms with Crippen molar-refractivity contribution in [1.82, 2.24) is 0 Å². The van der Waals surface area contributed by atoms with Gasteiger partial charge in [-0.15, -0.1) is 0 Å². The first kappa shape index (κ1) is 12.8. The van der Waals surface area contributed by atoms with Crippen LogP contribution in [0.25, 0.3) is 11.0 Å². The minimum atomic E-state index is -1.02. The second-order valence-corrected chi connectivity index (χ2v) is 3.88.